The van der Waals surface area contributed by atoms with E-state index in [1.807, 2.05) is 4.90 Å². The quantitative estimate of drug-likeness (QED) is 0.787. The number of fused-ring (bicyclic) bond motifs is 1. The van der Waals surface area contributed by atoms with Crippen LogP contribution in [0.3, 0.4) is 0 Å². The molecule has 0 aromatic heterocycles. The molecular formula is C11H20N2O3S. The number of nitrogens with one attached hydrogen (secondary N) is 1. The van der Waals surface area contributed by atoms with Crippen LogP contribution in [-0.4, -0.2) is 44.6 Å². The molecule has 1 N–H and O–H groups in total. The van der Waals surface area contributed by atoms with Crippen molar-refractivity contribution >= 4 is 15.9 Å². The van der Waals surface area contributed by atoms with Gasteiger partial charge in [0, 0.05) is 13.1 Å². The molecule has 0 unspecified atom stereocenters. The van der Waals surface area contributed by atoms with Gasteiger partial charge in [-0.2, -0.15) is 0 Å². The normalized spacial score (nSPS) is 30.4. The molecule has 98 valence electrons. The Hall–Kier alpha value is -0.620. The second-order valence-corrected chi connectivity index (χ2v) is 7.09. The van der Waals surface area contributed by atoms with Crippen molar-refractivity contribution in [1.29, 1.82) is 0 Å². The van der Waals surface area contributed by atoms with Crippen molar-refractivity contribution in [3.63, 3.8) is 0 Å². The lowest BCUT2D eigenvalue weighted by atomic mass is 10.0. The zero-order chi connectivity index (χ0) is 12.6. The number of hydrogen-bond acceptors (Lipinski definition) is 3. The zero-order valence-corrected chi connectivity index (χ0v) is 11.2. The van der Waals surface area contributed by atoms with Crippen LogP contribution in [-0.2, 0) is 14.8 Å². The maximum Gasteiger partial charge on any atom is 0.240 e. The monoisotopic (exact) mass is 260 g/mol. The smallest absolute Gasteiger partial charge is 0.240 e. The van der Waals surface area contributed by atoms with Crippen LogP contribution in [0.25, 0.3) is 0 Å². The second kappa shape index (κ2) is 4.57. The molecule has 1 saturated heterocycles. The Labute approximate surface area is 103 Å². The second-order valence-electron chi connectivity index (χ2n) is 5.31. The Morgan fingerprint density at radius 2 is 1.82 bits per heavy atom. The number of rotatable bonds is 3. The lowest BCUT2D eigenvalue weighted by Gasteiger charge is -2.21. The van der Waals surface area contributed by atoms with Gasteiger partial charge in [-0.1, -0.05) is 6.42 Å². The van der Waals surface area contributed by atoms with Crippen LogP contribution in [0.5, 0.6) is 0 Å². The molecular weight excluding hydrogens is 240 g/mol. The lowest BCUT2D eigenvalue weighted by molar-refractivity contribution is -0.131. The molecule has 1 saturated carbocycles. The highest BCUT2D eigenvalue weighted by Gasteiger charge is 2.39. The predicted molar refractivity (Wildman–Crippen MR) is 64.9 cm³/mol. The van der Waals surface area contributed by atoms with E-state index in [1.54, 1.807) is 6.92 Å². The third kappa shape index (κ3) is 2.98. The van der Waals surface area contributed by atoms with E-state index in [-0.39, 0.29) is 5.91 Å². The van der Waals surface area contributed by atoms with Gasteiger partial charge in [0.1, 0.15) is 0 Å². The fourth-order valence-corrected chi connectivity index (χ4v) is 3.80. The molecule has 6 heteroatoms. The van der Waals surface area contributed by atoms with Crippen molar-refractivity contribution < 1.29 is 13.2 Å². The predicted octanol–water partition coefficient (Wildman–Crippen LogP) is 0.183. The Kier molecular flexibility index (Phi) is 3.45. The molecule has 1 aliphatic carbocycles. The third-order valence-corrected chi connectivity index (χ3v) is 4.58. The fraction of sp³-hybridized carbons (Fsp3) is 0.909. The van der Waals surface area contributed by atoms with Crippen LogP contribution in [0.2, 0.25) is 0 Å². The first kappa shape index (κ1) is 12.8. The maximum atomic E-state index is 12.1. The van der Waals surface area contributed by atoms with Gasteiger partial charge in [0.15, 0.2) is 0 Å². The Morgan fingerprint density at radius 3 is 2.29 bits per heavy atom. The molecule has 1 aliphatic heterocycles. The molecule has 0 radical (unpaired) electrons. The number of nitrogens with zero attached hydrogens (tertiary/aromatic N) is 1. The van der Waals surface area contributed by atoms with Crippen LogP contribution in [0.1, 0.15) is 26.2 Å². The number of likely N-dealkylation sites (tertiary alicyclic amines) is 1. The third-order valence-electron chi connectivity index (χ3n) is 3.80. The molecule has 1 heterocycles. The first-order valence-corrected chi connectivity index (χ1v) is 8.02. The highest BCUT2D eigenvalue weighted by Crippen LogP contribution is 2.37. The molecule has 5 nitrogen and oxygen atoms in total. The minimum absolute atomic E-state index is 0.0928. The molecule has 0 bridgehead atoms. The van der Waals surface area contributed by atoms with Gasteiger partial charge in [0.2, 0.25) is 15.9 Å². The summed E-state index contributed by atoms with van der Waals surface area (Å²) in [6, 6.07) is -0.649. The van der Waals surface area contributed by atoms with Crippen molar-refractivity contribution in [2.24, 2.45) is 11.8 Å². The van der Waals surface area contributed by atoms with Crippen LogP contribution in [0.15, 0.2) is 0 Å². The molecule has 17 heavy (non-hydrogen) atoms. The van der Waals surface area contributed by atoms with Gasteiger partial charge in [-0.15, -0.1) is 0 Å². The first-order valence-electron chi connectivity index (χ1n) is 6.13. The first-order chi connectivity index (χ1) is 7.87. The molecule has 3 atom stereocenters. The van der Waals surface area contributed by atoms with E-state index in [0.717, 1.165) is 19.3 Å². The highest BCUT2D eigenvalue weighted by atomic mass is 32.2. The Morgan fingerprint density at radius 1 is 1.29 bits per heavy atom. The summed E-state index contributed by atoms with van der Waals surface area (Å²) in [7, 11) is -3.31. The van der Waals surface area contributed by atoms with Gasteiger partial charge in [0.25, 0.3) is 0 Å². The van der Waals surface area contributed by atoms with E-state index in [9.17, 15) is 13.2 Å². The van der Waals surface area contributed by atoms with Gasteiger partial charge in [-0.05, 0) is 31.6 Å². The van der Waals surface area contributed by atoms with Crippen molar-refractivity contribution in [2.45, 2.75) is 32.2 Å². The summed E-state index contributed by atoms with van der Waals surface area (Å²) in [5, 5.41) is 0. The number of carbonyl (C=O) groups excluding carboxylic acids is 1. The van der Waals surface area contributed by atoms with Crippen LogP contribution in [0.4, 0.5) is 0 Å². The molecule has 0 aromatic carbocycles. The lowest BCUT2D eigenvalue weighted by Crippen LogP contribution is -2.46. The van der Waals surface area contributed by atoms with Crippen molar-refractivity contribution in [2.75, 3.05) is 19.3 Å². The van der Waals surface area contributed by atoms with Crippen LogP contribution >= 0.6 is 0 Å². The molecule has 0 spiro atoms. The van der Waals surface area contributed by atoms with E-state index >= 15 is 0 Å². The number of amides is 1. The van der Waals surface area contributed by atoms with Crippen LogP contribution < -0.4 is 4.72 Å². The summed E-state index contributed by atoms with van der Waals surface area (Å²) in [6.07, 6.45) is 4.77. The number of hydrogen-bond donors (Lipinski definition) is 1. The van der Waals surface area contributed by atoms with Gasteiger partial charge in [0.05, 0.1) is 12.3 Å². The Balaban J connectivity index is 1.93. The average Bonchev–Trinajstić information content (AvgIpc) is 2.72. The SMILES string of the molecule is C[C@@H](NS(C)(=O)=O)C(=O)N1C[C@H]2CCC[C@H]2C1. The highest BCUT2D eigenvalue weighted by molar-refractivity contribution is 7.88. The van der Waals surface area contributed by atoms with E-state index in [0.29, 0.717) is 11.8 Å². The minimum atomic E-state index is -3.31. The molecule has 1 amide bonds. The standard InChI is InChI=1S/C11H20N2O3S/c1-8(12-17(2,15)16)11(14)13-6-9-4-3-5-10(9)7-13/h8-10,12H,3-7H2,1-2H3/t8-,9-,10+/m1/s1. The van der Waals surface area contributed by atoms with Gasteiger partial charge in [-0.25, -0.2) is 13.1 Å². The minimum Gasteiger partial charge on any atom is -0.341 e. The largest absolute Gasteiger partial charge is 0.341 e. The molecule has 2 fully saturated rings. The van der Waals surface area contributed by atoms with Crippen molar-refractivity contribution in [3.05, 3.63) is 0 Å². The zero-order valence-electron chi connectivity index (χ0n) is 10.3. The summed E-state index contributed by atoms with van der Waals surface area (Å²) in [5.41, 5.74) is 0. The van der Waals surface area contributed by atoms with Gasteiger partial charge in [-0.3, -0.25) is 4.79 Å². The number of sulfonamides is 1. The van der Waals surface area contributed by atoms with Crippen molar-refractivity contribution in [1.82, 2.24) is 9.62 Å². The topological polar surface area (TPSA) is 66.5 Å². The summed E-state index contributed by atoms with van der Waals surface area (Å²) in [6.45, 7) is 3.22. The van der Waals surface area contributed by atoms with E-state index in [4.69, 9.17) is 0 Å². The van der Waals surface area contributed by atoms with Crippen LogP contribution in [0, 0.1) is 11.8 Å². The Bertz CT molecular complexity index is 395. The maximum absolute atomic E-state index is 12.1. The van der Waals surface area contributed by atoms with E-state index in [2.05, 4.69) is 4.72 Å². The summed E-state index contributed by atoms with van der Waals surface area (Å²) in [4.78, 5) is 13.9. The van der Waals surface area contributed by atoms with E-state index in [1.165, 1.54) is 19.3 Å². The summed E-state index contributed by atoms with van der Waals surface area (Å²) >= 11 is 0. The van der Waals surface area contributed by atoms with Gasteiger partial charge >= 0.3 is 0 Å². The molecule has 2 rings (SSSR count). The average molecular weight is 260 g/mol. The summed E-state index contributed by atoms with van der Waals surface area (Å²) in [5.74, 6) is 1.19. The van der Waals surface area contributed by atoms with E-state index < -0.39 is 16.1 Å². The summed E-state index contributed by atoms with van der Waals surface area (Å²) < 4.78 is 24.5. The van der Waals surface area contributed by atoms with Gasteiger partial charge < -0.3 is 4.90 Å². The molecule has 2 aliphatic rings. The number of carbonyl (C=O) groups is 1. The fourth-order valence-electron chi connectivity index (χ4n) is 3.06. The van der Waals surface area contributed by atoms with Crippen molar-refractivity contribution in [3.8, 4) is 0 Å². The molecule has 0 aromatic rings.